The molecule has 3 unspecified atom stereocenters. The zero-order valence-corrected chi connectivity index (χ0v) is 8.55. The molecule has 0 spiro atoms. The zero-order valence-electron chi connectivity index (χ0n) is 8.55. The van der Waals surface area contributed by atoms with E-state index >= 15 is 0 Å². The first-order chi connectivity index (χ1) is 6.33. The van der Waals surface area contributed by atoms with Crippen molar-refractivity contribution in [2.45, 2.75) is 32.7 Å². The molecule has 0 radical (unpaired) electrons. The van der Waals surface area contributed by atoms with Gasteiger partial charge in [-0.25, -0.2) is 0 Å². The Labute approximate surface area is 80.4 Å². The van der Waals surface area contributed by atoms with Crippen LogP contribution in [0.3, 0.4) is 0 Å². The number of ether oxygens (including phenoxy) is 1. The van der Waals surface area contributed by atoms with Gasteiger partial charge >= 0.3 is 0 Å². The van der Waals surface area contributed by atoms with Crippen LogP contribution in [0, 0.1) is 11.8 Å². The standard InChI is InChI=1S/C11H19NO/c1-3-12-11(9-7-8(9)2)10-5-4-6-13-10/h5,8-9,11-12H,3-4,6-7H2,1-2H3. The van der Waals surface area contributed by atoms with Crippen molar-refractivity contribution >= 4 is 0 Å². The molecule has 13 heavy (non-hydrogen) atoms. The SMILES string of the molecule is CCNC(C1=CCCO1)C1CC1C. The van der Waals surface area contributed by atoms with Crippen LogP contribution in [0.5, 0.6) is 0 Å². The Morgan fingerprint density at radius 2 is 2.46 bits per heavy atom. The van der Waals surface area contributed by atoms with Gasteiger partial charge in [-0.15, -0.1) is 0 Å². The third-order valence-corrected chi connectivity index (χ3v) is 3.06. The molecule has 74 valence electrons. The smallest absolute Gasteiger partial charge is 0.109 e. The molecule has 3 atom stereocenters. The van der Waals surface area contributed by atoms with Gasteiger partial charge in [0.2, 0.25) is 0 Å². The van der Waals surface area contributed by atoms with Gasteiger partial charge in [-0.3, -0.25) is 0 Å². The maximum absolute atomic E-state index is 5.62. The molecular weight excluding hydrogens is 162 g/mol. The molecule has 0 aromatic carbocycles. The fraction of sp³-hybridized carbons (Fsp3) is 0.818. The monoisotopic (exact) mass is 181 g/mol. The van der Waals surface area contributed by atoms with Crippen LogP contribution >= 0.6 is 0 Å². The second kappa shape index (κ2) is 3.70. The topological polar surface area (TPSA) is 21.3 Å². The Hall–Kier alpha value is -0.500. The summed E-state index contributed by atoms with van der Waals surface area (Å²) in [5, 5.41) is 3.52. The minimum absolute atomic E-state index is 0.502. The lowest BCUT2D eigenvalue weighted by atomic mass is 10.1. The zero-order chi connectivity index (χ0) is 9.26. The highest BCUT2D eigenvalue weighted by atomic mass is 16.5. The Balaban J connectivity index is 1.96. The molecule has 2 rings (SSSR count). The van der Waals surface area contributed by atoms with E-state index in [2.05, 4.69) is 25.2 Å². The van der Waals surface area contributed by atoms with Crippen molar-refractivity contribution in [3.63, 3.8) is 0 Å². The van der Waals surface area contributed by atoms with E-state index in [1.54, 1.807) is 0 Å². The average molecular weight is 181 g/mol. The molecule has 2 nitrogen and oxygen atoms in total. The lowest BCUT2D eigenvalue weighted by Crippen LogP contribution is -2.33. The Bertz CT molecular complexity index is 212. The first kappa shape index (κ1) is 9.07. The van der Waals surface area contributed by atoms with Gasteiger partial charge < -0.3 is 10.1 Å². The minimum atomic E-state index is 0.502. The molecule has 1 heterocycles. The van der Waals surface area contributed by atoms with E-state index in [1.165, 1.54) is 12.2 Å². The summed E-state index contributed by atoms with van der Waals surface area (Å²) >= 11 is 0. The largest absolute Gasteiger partial charge is 0.496 e. The van der Waals surface area contributed by atoms with Crippen LogP contribution in [0.1, 0.15) is 26.7 Å². The van der Waals surface area contributed by atoms with Crippen molar-refractivity contribution in [1.29, 1.82) is 0 Å². The molecule has 1 saturated carbocycles. The molecule has 0 aromatic heterocycles. The van der Waals surface area contributed by atoms with E-state index < -0.39 is 0 Å². The van der Waals surface area contributed by atoms with Crippen molar-refractivity contribution in [1.82, 2.24) is 5.32 Å². The quantitative estimate of drug-likeness (QED) is 0.715. The van der Waals surface area contributed by atoms with Gasteiger partial charge in [-0.05, 0) is 30.9 Å². The molecule has 0 aromatic rings. The van der Waals surface area contributed by atoms with E-state index in [9.17, 15) is 0 Å². The second-order valence-electron chi connectivity index (χ2n) is 4.16. The summed E-state index contributed by atoms with van der Waals surface area (Å²) in [5.74, 6) is 2.91. The Kier molecular flexibility index (Phi) is 2.58. The summed E-state index contributed by atoms with van der Waals surface area (Å²) in [7, 11) is 0. The fourth-order valence-electron chi connectivity index (χ4n) is 2.15. The molecular formula is C11H19NO. The summed E-state index contributed by atoms with van der Waals surface area (Å²) in [4.78, 5) is 0. The molecule has 1 aliphatic heterocycles. The summed E-state index contributed by atoms with van der Waals surface area (Å²) in [6, 6.07) is 0.502. The van der Waals surface area contributed by atoms with Crippen molar-refractivity contribution in [3.05, 3.63) is 11.8 Å². The van der Waals surface area contributed by atoms with Crippen LogP contribution in [0.15, 0.2) is 11.8 Å². The van der Waals surface area contributed by atoms with Gasteiger partial charge in [0.05, 0.1) is 12.6 Å². The van der Waals surface area contributed by atoms with Crippen LogP contribution < -0.4 is 5.32 Å². The van der Waals surface area contributed by atoms with E-state index in [0.29, 0.717) is 6.04 Å². The Morgan fingerprint density at radius 3 is 2.92 bits per heavy atom. The highest BCUT2D eigenvalue weighted by Gasteiger charge is 2.41. The summed E-state index contributed by atoms with van der Waals surface area (Å²) in [6.07, 6.45) is 4.70. The number of hydrogen-bond acceptors (Lipinski definition) is 2. The van der Waals surface area contributed by atoms with Gasteiger partial charge in [0.1, 0.15) is 5.76 Å². The van der Waals surface area contributed by atoms with Crippen LogP contribution in [0.25, 0.3) is 0 Å². The average Bonchev–Trinajstić information content (AvgIpc) is 2.69. The number of rotatable bonds is 4. The molecule has 2 aliphatic rings. The van der Waals surface area contributed by atoms with Gasteiger partial charge in [-0.2, -0.15) is 0 Å². The van der Waals surface area contributed by atoms with Crippen LogP contribution in [-0.4, -0.2) is 19.2 Å². The number of likely N-dealkylation sites (N-methyl/N-ethyl adjacent to an activating group) is 1. The van der Waals surface area contributed by atoms with Crippen molar-refractivity contribution < 1.29 is 4.74 Å². The molecule has 1 N–H and O–H groups in total. The third-order valence-electron chi connectivity index (χ3n) is 3.06. The van der Waals surface area contributed by atoms with Crippen molar-refractivity contribution in [3.8, 4) is 0 Å². The lowest BCUT2D eigenvalue weighted by Gasteiger charge is -2.18. The summed E-state index contributed by atoms with van der Waals surface area (Å²) < 4.78 is 5.62. The number of nitrogens with one attached hydrogen (secondary N) is 1. The van der Waals surface area contributed by atoms with E-state index in [0.717, 1.165) is 31.4 Å². The molecule has 1 aliphatic carbocycles. The third kappa shape index (κ3) is 1.88. The van der Waals surface area contributed by atoms with Gasteiger partial charge in [0, 0.05) is 6.42 Å². The van der Waals surface area contributed by atoms with E-state index in [4.69, 9.17) is 4.74 Å². The molecule has 0 bridgehead atoms. The van der Waals surface area contributed by atoms with Crippen LogP contribution in [-0.2, 0) is 4.74 Å². The minimum Gasteiger partial charge on any atom is -0.496 e. The fourth-order valence-corrected chi connectivity index (χ4v) is 2.15. The first-order valence-corrected chi connectivity index (χ1v) is 5.39. The van der Waals surface area contributed by atoms with Gasteiger partial charge in [-0.1, -0.05) is 13.8 Å². The molecule has 0 saturated heterocycles. The first-order valence-electron chi connectivity index (χ1n) is 5.39. The summed E-state index contributed by atoms with van der Waals surface area (Å²) in [6.45, 7) is 6.41. The normalized spacial score (nSPS) is 33.8. The van der Waals surface area contributed by atoms with Crippen molar-refractivity contribution in [2.75, 3.05) is 13.2 Å². The molecule has 2 heteroatoms. The van der Waals surface area contributed by atoms with Crippen LogP contribution in [0.4, 0.5) is 0 Å². The van der Waals surface area contributed by atoms with Gasteiger partial charge in [0.25, 0.3) is 0 Å². The van der Waals surface area contributed by atoms with Crippen molar-refractivity contribution in [2.24, 2.45) is 11.8 Å². The molecule has 0 amide bonds. The maximum Gasteiger partial charge on any atom is 0.109 e. The number of hydrogen-bond donors (Lipinski definition) is 1. The van der Waals surface area contributed by atoms with Crippen LogP contribution in [0.2, 0.25) is 0 Å². The molecule has 1 fully saturated rings. The lowest BCUT2D eigenvalue weighted by molar-refractivity contribution is 0.207. The van der Waals surface area contributed by atoms with Gasteiger partial charge in [0.15, 0.2) is 0 Å². The van der Waals surface area contributed by atoms with E-state index in [1.807, 2.05) is 0 Å². The van der Waals surface area contributed by atoms with E-state index in [-0.39, 0.29) is 0 Å². The second-order valence-corrected chi connectivity index (χ2v) is 4.16. The predicted molar refractivity (Wildman–Crippen MR) is 53.4 cm³/mol. The highest BCUT2D eigenvalue weighted by molar-refractivity contribution is 5.13. The predicted octanol–water partition coefficient (Wildman–Crippen LogP) is 1.92. The summed E-state index contributed by atoms with van der Waals surface area (Å²) in [5.41, 5.74) is 0. The Morgan fingerprint density at radius 1 is 1.69 bits per heavy atom. The highest BCUT2D eigenvalue weighted by Crippen LogP contribution is 2.43. The maximum atomic E-state index is 5.62.